The van der Waals surface area contributed by atoms with E-state index in [0.29, 0.717) is 17.8 Å². The topological polar surface area (TPSA) is 65.2 Å². The van der Waals surface area contributed by atoms with Gasteiger partial charge in [-0.15, -0.1) is 0 Å². The number of furan rings is 1. The zero-order chi connectivity index (χ0) is 12.5. The third kappa shape index (κ3) is 1.52. The van der Waals surface area contributed by atoms with Gasteiger partial charge in [0.1, 0.15) is 5.58 Å². The second kappa shape index (κ2) is 4.10. The van der Waals surface area contributed by atoms with Crippen LogP contribution in [-0.4, -0.2) is 22.5 Å². The molecule has 3 heterocycles. The first-order chi connectivity index (χ1) is 8.81. The number of hydrogen-bond acceptors (Lipinski definition) is 5. The van der Waals surface area contributed by atoms with Crippen LogP contribution in [0.5, 0.6) is 0 Å². The number of carbonyl (C=O) groups is 1. The van der Waals surface area contributed by atoms with E-state index in [9.17, 15) is 4.79 Å². The molecule has 0 spiro atoms. The second-order valence-electron chi connectivity index (χ2n) is 3.73. The summed E-state index contributed by atoms with van der Waals surface area (Å²) in [6.07, 6.45) is 4.91. The molecule has 0 aliphatic carbocycles. The van der Waals surface area contributed by atoms with E-state index in [2.05, 4.69) is 9.97 Å². The molecular weight excluding hydrogens is 232 g/mol. The molecule has 3 rings (SSSR count). The van der Waals surface area contributed by atoms with Crippen LogP contribution in [0, 0.1) is 0 Å². The SMILES string of the molecule is CCOC(=O)c1nccc2c1oc1ccncc12. The van der Waals surface area contributed by atoms with Crippen LogP contribution in [0.4, 0.5) is 0 Å². The van der Waals surface area contributed by atoms with Crippen molar-refractivity contribution in [1.29, 1.82) is 0 Å². The zero-order valence-electron chi connectivity index (χ0n) is 9.71. The van der Waals surface area contributed by atoms with E-state index in [1.54, 1.807) is 37.6 Å². The minimum atomic E-state index is -0.477. The quantitative estimate of drug-likeness (QED) is 0.646. The normalized spacial score (nSPS) is 10.9. The lowest BCUT2D eigenvalue weighted by molar-refractivity contribution is 0.0521. The van der Waals surface area contributed by atoms with Crippen LogP contribution in [-0.2, 0) is 4.74 Å². The molecule has 3 aromatic heterocycles. The summed E-state index contributed by atoms with van der Waals surface area (Å²) in [6.45, 7) is 2.05. The molecule has 0 unspecified atom stereocenters. The van der Waals surface area contributed by atoms with Crippen LogP contribution in [0.1, 0.15) is 17.4 Å². The number of fused-ring (bicyclic) bond motifs is 3. The maximum Gasteiger partial charge on any atom is 0.360 e. The van der Waals surface area contributed by atoms with Gasteiger partial charge in [-0.05, 0) is 19.1 Å². The second-order valence-corrected chi connectivity index (χ2v) is 3.73. The van der Waals surface area contributed by atoms with E-state index in [1.807, 2.05) is 0 Å². The largest absolute Gasteiger partial charge is 0.461 e. The Morgan fingerprint density at radius 2 is 2.22 bits per heavy atom. The molecule has 0 aliphatic rings. The Labute approximate surface area is 102 Å². The lowest BCUT2D eigenvalue weighted by Crippen LogP contribution is -2.06. The predicted octanol–water partition coefficient (Wildman–Crippen LogP) is 2.55. The van der Waals surface area contributed by atoms with E-state index in [-0.39, 0.29) is 5.69 Å². The predicted molar refractivity (Wildman–Crippen MR) is 65.3 cm³/mol. The van der Waals surface area contributed by atoms with Gasteiger partial charge >= 0.3 is 5.97 Å². The summed E-state index contributed by atoms with van der Waals surface area (Å²) < 4.78 is 10.6. The van der Waals surface area contributed by atoms with Gasteiger partial charge in [-0.2, -0.15) is 0 Å². The van der Waals surface area contributed by atoms with E-state index in [4.69, 9.17) is 9.15 Å². The Morgan fingerprint density at radius 3 is 3.06 bits per heavy atom. The number of aromatic nitrogens is 2. The molecule has 0 fully saturated rings. The number of pyridine rings is 2. The minimum Gasteiger partial charge on any atom is -0.461 e. The number of ether oxygens (including phenoxy) is 1. The molecule has 0 aromatic carbocycles. The monoisotopic (exact) mass is 242 g/mol. The molecule has 90 valence electrons. The van der Waals surface area contributed by atoms with Crippen molar-refractivity contribution in [3.8, 4) is 0 Å². The lowest BCUT2D eigenvalue weighted by Gasteiger charge is -2.00. The lowest BCUT2D eigenvalue weighted by atomic mass is 10.2. The molecule has 5 heteroatoms. The fourth-order valence-corrected chi connectivity index (χ4v) is 1.89. The van der Waals surface area contributed by atoms with Gasteiger partial charge in [-0.3, -0.25) is 4.98 Å². The maximum absolute atomic E-state index is 11.8. The molecule has 5 nitrogen and oxygen atoms in total. The molecule has 3 aromatic rings. The molecule has 0 saturated heterocycles. The third-order valence-electron chi connectivity index (χ3n) is 2.66. The zero-order valence-corrected chi connectivity index (χ0v) is 9.71. The molecule has 0 radical (unpaired) electrons. The van der Waals surface area contributed by atoms with Gasteiger partial charge in [0, 0.05) is 29.4 Å². The van der Waals surface area contributed by atoms with Gasteiger partial charge in [0.25, 0.3) is 0 Å². The summed E-state index contributed by atoms with van der Waals surface area (Å²) in [4.78, 5) is 19.9. The Hall–Kier alpha value is -2.43. The van der Waals surface area contributed by atoms with Gasteiger partial charge in [-0.25, -0.2) is 9.78 Å². The van der Waals surface area contributed by atoms with Gasteiger partial charge in [0.15, 0.2) is 11.3 Å². The number of rotatable bonds is 2. The van der Waals surface area contributed by atoms with Crippen molar-refractivity contribution < 1.29 is 13.9 Å². The van der Waals surface area contributed by atoms with E-state index < -0.39 is 5.97 Å². The Balaban J connectivity index is 2.31. The smallest absolute Gasteiger partial charge is 0.360 e. The third-order valence-corrected chi connectivity index (χ3v) is 2.66. The van der Waals surface area contributed by atoms with Gasteiger partial charge < -0.3 is 9.15 Å². The first-order valence-corrected chi connectivity index (χ1v) is 5.59. The summed E-state index contributed by atoms with van der Waals surface area (Å²) in [5.41, 5.74) is 1.32. The maximum atomic E-state index is 11.8. The number of carbonyl (C=O) groups excluding carboxylic acids is 1. The highest BCUT2D eigenvalue weighted by molar-refractivity contribution is 6.10. The number of nitrogens with zero attached hydrogens (tertiary/aromatic N) is 2. The molecule has 0 saturated carbocycles. The van der Waals surface area contributed by atoms with Gasteiger partial charge in [-0.1, -0.05) is 0 Å². The Bertz CT molecular complexity index is 733. The number of esters is 1. The highest BCUT2D eigenvalue weighted by Gasteiger charge is 2.18. The van der Waals surface area contributed by atoms with E-state index >= 15 is 0 Å². The Kier molecular flexibility index (Phi) is 2.44. The first-order valence-electron chi connectivity index (χ1n) is 5.59. The van der Waals surface area contributed by atoms with Crippen LogP contribution in [0.15, 0.2) is 35.1 Å². The number of hydrogen-bond donors (Lipinski definition) is 0. The van der Waals surface area contributed by atoms with Crippen molar-refractivity contribution in [1.82, 2.24) is 9.97 Å². The highest BCUT2D eigenvalue weighted by atomic mass is 16.5. The highest BCUT2D eigenvalue weighted by Crippen LogP contribution is 2.29. The van der Waals surface area contributed by atoms with Crippen molar-refractivity contribution in [3.05, 3.63) is 36.4 Å². The van der Waals surface area contributed by atoms with Crippen LogP contribution in [0.2, 0.25) is 0 Å². The minimum absolute atomic E-state index is 0.200. The van der Waals surface area contributed by atoms with Crippen molar-refractivity contribution in [2.75, 3.05) is 6.61 Å². The Morgan fingerprint density at radius 1 is 1.33 bits per heavy atom. The summed E-state index contributed by atoms with van der Waals surface area (Å²) in [6, 6.07) is 3.55. The van der Waals surface area contributed by atoms with Crippen LogP contribution in [0.25, 0.3) is 21.9 Å². The summed E-state index contributed by atoms with van der Waals surface area (Å²) >= 11 is 0. The van der Waals surface area contributed by atoms with Crippen LogP contribution < -0.4 is 0 Å². The van der Waals surface area contributed by atoms with Gasteiger partial charge in [0.2, 0.25) is 0 Å². The molecule has 0 atom stereocenters. The van der Waals surface area contributed by atoms with Crippen LogP contribution in [0.3, 0.4) is 0 Å². The molecule has 18 heavy (non-hydrogen) atoms. The van der Waals surface area contributed by atoms with Crippen molar-refractivity contribution >= 4 is 27.9 Å². The van der Waals surface area contributed by atoms with Gasteiger partial charge in [0.05, 0.1) is 6.61 Å². The van der Waals surface area contributed by atoms with E-state index in [1.165, 1.54) is 0 Å². The molecule has 0 N–H and O–H groups in total. The van der Waals surface area contributed by atoms with Crippen LogP contribution >= 0.6 is 0 Å². The summed E-state index contributed by atoms with van der Waals surface area (Å²) in [5.74, 6) is -0.477. The first kappa shape index (κ1) is 10.7. The van der Waals surface area contributed by atoms with Crippen molar-refractivity contribution in [2.45, 2.75) is 6.92 Å². The molecule has 0 aliphatic heterocycles. The molecule has 0 amide bonds. The fraction of sp³-hybridized carbons (Fsp3) is 0.154. The molecular formula is C13H10N2O3. The summed E-state index contributed by atoms with van der Waals surface area (Å²) in [7, 11) is 0. The average molecular weight is 242 g/mol. The summed E-state index contributed by atoms with van der Waals surface area (Å²) in [5, 5.41) is 1.68. The fourth-order valence-electron chi connectivity index (χ4n) is 1.89. The van der Waals surface area contributed by atoms with Crippen molar-refractivity contribution in [2.24, 2.45) is 0 Å². The molecule has 0 bridgehead atoms. The van der Waals surface area contributed by atoms with Crippen molar-refractivity contribution in [3.63, 3.8) is 0 Å². The standard InChI is InChI=1S/C13H10N2O3/c1-2-17-13(16)11-12-8(3-6-15-11)9-7-14-5-4-10(9)18-12/h3-7H,2H2,1H3. The van der Waals surface area contributed by atoms with E-state index in [0.717, 1.165) is 10.8 Å². The average Bonchev–Trinajstić information content (AvgIpc) is 2.77.